The first kappa shape index (κ1) is 15.9. The Bertz CT molecular complexity index is 441. The zero-order valence-electron chi connectivity index (χ0n) is 12.6. The average Bonchev–Trinajstić information content (AvgIpc) is 2.48. The van der Waals surface area contributed by atoms with Gasteiger partial charge in [0, 0.05) is 5.69 Å². The fraction of sp³-hybridized carbons (Fsp3) is 0.562. The predicted octanol–water partition coefficient (Wildman–Crippen LogP) is 2.09. The number of hydrogen-bond donors (Lipinski definition) is 2. The topological polar surface area (TPSA) is 44.4 Å². The fourth-order valence-corrected chi connectivity index (χ4v) is 2.60. The molecular weight excluding hydrogens is 269 g/mol. The van der Waals surface area contributed by atoms with Crippen LogP contribution >= 0.6 is 0 Å². The molecule has 0 bridgehead atoms. The molecule has 116 valence electrons. The number of rotatable bonds is 6. The van der Waals surface area contributed by atoms with E-state index in [9.17, 15) is 9.18 Å². The maximum atomic E-state index is 12.7. The van der Waals surface area contributed by atoms with Crippen LogP contribution in [0.25, 0.3) is 0 Å². The third kappa shape index (κ3) is 5.81. The molecule has 2 rings (SSSR count). The smallest absolute Gasteiger partial charge is 0.238 e. The van der Waals surface area contributed by atoms with E-state index in [-0.39, 0.29) is 11.7 Å². The van der Waals surface area contributed by atoms with Gasteiger partial charge in [-0.15, -0.1) is 0 Å². The number of amides is 1. The minimum Gasteiger partial charge on any atom is -0.325 e. The minimum absolute atomic E-state index is 0.0926. The number of likely N-dealkylation sites (tertiary alicyclic amines) is 1. The third-order valence-electron chi connectivity index (χ3n) is 3.98. The van der Waals surface area contributed by atoms with Gasteiger partial charge in [-0.05, 0) is 76.1 Å². The maximum Gasteiger partial charge on any atom is 0.238 e. The molecule has 4 nitrogen and oxygen atoms in total. The van der Waals surface area contributed by atoms with Crippen molar-refractivity contribution >= 4 is 11.6 Å². The second-order valence-electron chi connectivity index (χ2n) is 5.77. The average molecular weight is 293 g/mol. The van der Waals surface area contributed by atoms with E-state index in [4.69, 9.17) is 0 Å². The number of piperidine rings is 1. The van der Waals surface area contributed by atoms with Gasteiger partial charge in [0.25, 0.3) is 0 Å². The van der Waals surface area contributed by atoms with E-state index in [1.165, 1.54) is 38.1 Å². The molecule has 0 aromatic heterocycles. The van der Waals surface area contributed by atoms with Crippen LogP contribution in [0.4, 0.5) is 10.1 Å². The zero-order chi connectivity index (χ0) is 15.1. The van der Waals surface area contributed by atoms with Crippen LogP contribution in [0.15, 0.2) is 24.3 Å². The zero-order valence-corrected chi connectivity index (χ0v) is 12.6. The molecule has 1 aromatic rings. The van der Waals surface area contributed by atoms with Gasteiger partial charge in [0.15, 0.2) is 0 Å². The Morgan fingerprint density at radius 3 is 2.62 bits per heavy atom. The van der Waals surface area contributed by atoms with Gasteiger partial charge in [-0.3, -0.25) is 4.79 Å². The summed E-state index contributed by atoms with van der Waals surface area (Å²) < 4.78 is 12.7. The second kappa shape index (κ2) is 8.10. The first-order valence-corrected chi connectivity index (χ1v) is 7.58. The minimum atomic E-state index is -0.302. The lowest BCUT2D eigenvalue weighted by molar-refractivity contribution is -0.115. The molecule has 0 aliphatic carbocycles. The van der Waals surface area contributed by atoms with Crippen molar-refractivity contribution in [1.29, 1.82) is 0 Å². The van der Waals surface area contributed by atoms with Crippen molar-refractivity contribution in [2.24, 2.45) is 5.92 Å². The molecule has 1 aliphatic rings. The highest BCUT2D eigenvalue weighted by Crippen LogP contribution is 2.18. The lowest BCUT2D eigenvalue weighted by Gasteiger charge is -2.28. The van der Waals surface area contributed by atoms with Gasteiger partial charge in [-0.1, -0.05) is 0 Å². The number of hydrogen-bond acceptors (Lipinski definition) is 3. The predicted molar refractivity (Wildman–Crippen MR) is 82.7 cm³/mol. The number of halogens is 1. The quantitative estimate of drug-likeness (QED) is 0.789. The molecular formula is C16H24FN3O. The highest BCUT2D eigenvalue weighted by molar-refractivity contribution is 5.92. The lowest BCUT2D eigenvalue weighted by Crippen LogP contribution is -2.33. The van der Waals surface area contributed by atoms with Crippen LogP contribution in [-0.4, -0.2) is 44.0 Å². The summed E-state index contributed by atoms with van der Waals surface area (Å²) in [6, 6.07) is 5.80. The maximum absolute atomic E-state index is 12.7. The highest BCUT2D eigenvalue weighted by atomic mass is 19.1. The number of nitrogens with zero attached hydrogens (tertiary/aromatic N) is 1. The summed E-state index contributed by atoms with van der Waals surface area (Å²) in [7, 11) is 2.16. The SMILES string of the molecule is CN1CCC(CCNCC(=O)Nc2ccc(F)cc2)CC1. The van der Waals surface area contributed by atoms with E-state index in [0.29, 0.717) is 12.2 Å². The normalized spacial score (nSPS) is 16.9. The molecule has 1 fully saturated rings. The van der Waals surface area contributed by atoms with Crippen molar-refractivity contribution in [2.45, 2.75) is 19.3 Å². The molecule has 0 atom stereocenters. The van der Waals surface area contributed by atoms with E-state index in [1.807, 2.05) is 0 Å². The standard InChI is InChI=1S/C16H24FN3O/c1-20-10-7-13(8-11-20)6-9-18-12-16(21)19-15-4-2-14(17)3-5-15/h2-5,13,18H,6-12H2,1H3,(H,19,21). The molecule has 0 spiro atoms. The van der Waals surface area contributed by atoms with Gasteiger partial charge in [-0.2, -0.15) is 0 Å². The summed E-state index contributed by atoms with van der Waals surface area (Å²) in [5, 5.41) is 5.91. The summed E-state index contributed by atoms with van der Waals surface area (Å²) in [6.07, 6.45) is 3.62. The molecule has 21 heavy (non-hydrogen) atoms. The van der Waals surface area contributed by atoms with Crippen molar-refractivity contribution < 1.29 is 9.18 Å². The summed E-state index contributed by atoms with van der Waals surface area (Å²) in [6.45, 7) is 3.51. The first-order chi connectivity index (χ1) is 10.1. The summed E-state index contributed by atoms with van der Waals surface area (Å²) in [5.74, 6) is 0.378. The van der Waals surface area contributed by atoms with Crippen LogP contribution in [0.3, 0.4) is 0 Å². The first-order valence-electron chi connectivity index (χ1n) is 7.58. The number of benzene rings is 1. The molecule has 1 aromatic carbocycles. The summed E-state index contributed by atoms with van der Waals surface area (Å²) in [5.41, 5.74) is 0.624. The van der Waals surface area contributed by atoms with Crippen LogP contribution in [0, 0.1) is 11.7 Å². The third-order valence-corrected chi connectivity index (χ3v) is 3.98. The van der Waals surface area contributed by atoms with Gasteiger partial charge in [0.1, 0.15) is 5.82 Å². The Balaban J connectivity index is 1.58. The van der Waals surface area contributed by atoms with Crippen LogP contribution in [0.1, 0.15) is 19.3 Å². The summed E-state index contributed by atoms with van der Waals surface area (Å²) in [4.78, 5) is 14.1. The largest absolute Gasteiger partial charge is 0.325 e. The number of carbonyl (C=O) groups is 1. The van der Waals surface area contributed by atoms with Gasteiger partial charge < -0.3 is 15.5 Å². The number of carbonyl (C=O) groups excluding carboxylic acids is 1. The Morgan fingerprint density at radius 1 is 1.29 bits per heavy atom. The Morgan fingerprint density at radius 2 is 1.95 bits per heavy atom. The van der Waals surface area contributed by atoms with Crippen molar-refractivity contribution in [3.8, 4) is 0 Å². The van der Waals surface area contributed by atoms with Crippen LogP contribution < -0.4 is 10.6 Å². The van der Waals surface area contributed by atoms with Crippen molar-refractivity contribution in [3.63, 3.8) is 0 Å². The Labute approximate surface area is 125 Å². The second-order valence-corrected chi connectivity index (χ2v) is 5.77. The van der Waals surface area contributed by atoms with E-state index >= 15 is 0 Å². The van der Waals surface area contributed by atoms with E-state index < -0.39 is 0 Å². The van der Waals surface area contributed by atoms with E-state index in [0.717, 1.165) is 18.9 Å². The van der Waals surface area contributed by atoms with Crippen molar-refractivity contribution in [3.05, 3.63) is 30.1 Å². The summed E-state index contributed by atoms with van der Waals surface area (Å²) >= 11 is 0. The molecule has 0 unspecified atom stereocenters. The molecule has 1 amide bonds. The van der Waals surface area contributed by atoms with Gasteiger partial charge in [0.05, 0.1) is 6.54 Å². The van der Waals surface area contributed by atoms with Crippen LogP contribution in [-0.2, 0) is 4.79 Å². The van der Waals surface area contributed by atoms with Gasteiger partial charge in [-0.25, -0.2) is 4.39 Å². The molecule has 1 heterocycles. The Kier molecular flexibility index (Phi) is 6.14. The molecule has 2 N–H and O–H groups in total. The van der Waals surface area contributed by atoms with Crippen LogP contribution in [0.2, 0.25) is 0 Å². The van der Waals surface area contributed by atoms with Crippen molar-refractivity contribution in [2.75, 3.05) is 38.5 Å². The lowest BCUT2D eigenvalue weighted by atomic mass is 9.94. The molecule has 1 aliphatic heterocycles. The molecule has 5 heteroatoms. The van der Waals surface area contributed by atoms with Gasteiger partial charge >= 0.3 is 0 Å². The molecule has 0 radical (unpaired) electrons. The highest BCUT2D eigenvalue weighted by Gasteiger charge is 2.15. The monoisotopic (exact) mass is 293 g/mol. The van der Waals surface area contributed by atoms with E-state index in [2.05, 4.69) is 22.6 Å². The van der Waals surface area contributed by atoms with Crippen LogP contribution in [0.5, 0.6) is 0 Å². The number of nitrogens with one attached hydrogen (secondary N) is 2. The fourth-order valence-electron chi connectivity index (χ4n) is 2.60. The molecule has 0 saturated carbocycles. The molecule has 1 saturated heterocycles. The van der Waals surface area contributed by atoms with E-state index in [1.54, 1.807) is 12.1 Å². The number of anilines is 1. The van der Waals surface area contributed by atoms with Crippen molar-refractivity contribution in [1.82, 2.24) is 10.2 Å². The van der Waals surface area contributed by atoms with Gasteiger partial charge in [0.2, 0.25) is 5.91 Å². The Hall–Kier alpha value is -1.46.